The second-order valence-electron chi connectivity index (χ2n) is 9.69. The van der Waals surface area contributed by atoms with E-state index in [0.29, 0.717) is 38.8 Å². The maximum Gasteiger partial charge on any atom is 0.312 e. The van der Waals surface area contributed by atoms with Crippen LogP contribution in [0.4, 0.5) is 0 Å². The first-order valence-corrected chi connectivity index (χ1v) is 12.6. The number of rotatable bonds is 11. The number of carbonyl (C=O) groups excluding carboxylic acids is 3. The lowest BCUT2D eigenvalue weighted by atomic mass is 9.65. The number of ether oxygens (including phenoxy) is 2. The van der Waals surface area contributed by atoms with Gasteiger partial charge in [0.05, 0.1) is 18.1 Å². The van der Waals surface area contributed by atoms with Crippen LogP contribution in [0, 0.1) is 11.8 Å². The van der Waals surface area contributed by atoms with E-state index in [1.54, 1.807) is 22.8 Å². The minimum atomic E-state index is -1.09. The molecule has 35 heavy (non-hydrogen) atoms. The number of hydrogen-bond donors (Lipinski definition) is 1. The molecule has 8 nitrogen and oxygen atoms in total. The Hall–Kier alpha value is -2.71. The van der Waals surface area contributed by atoms with E-state index < -0.39 is 35.0 Å². The molecule has 5 atom stereocenters. The highest BCUT2D eigenvalue weighted by molar-refractivity contribution is 5.98. The predicted molar refractivity (Wildman–Crippen MR) is 129 cm³/mol. The zero-order chi connectivity index (χ0) is 25.2. The normalized spacial score (nSPS) is 30.9. The van der Waals surface area contributed by atoms with Crippen LogP contribution in [0.1, 0.15) is 45.1 Å². The zero-order valence-electron chi connectivity index (χ0n) is 20.7. The van der Waals surface area contributed by atoms with Gasteiger partial charge in [0.2, 0.25) is 11.8 Å². The number of amides is 2. The van der Waals surface area contributed by atoms with E-state index in [0.717, 1.165) is 5.56 Å². The van der Waals surface area contributed by atoms with Crippen molar-refractivity contribution >= 4 is 17.8 Å². The van der Waals surface area contributed by atoms with Crippen LogP contribution in [0.3, 0.4) is 0 Å². The Morgan fingerprint density at radius 3 is 2.66 bits per heavy atom. The lowest BCUT2D eigenvalue weighted by Gasteiger charge is -2.37. The quantitative estimate of drug-likeness (QED) is 0.383. The van der Waals surface area contributed by atoms with Crippen molar-refractivity contribution in [2.24, 2.45) is 11.8 Å². The molecule has 2 bridgehead atoms. The van der Waals surface area contributed by atoms with Crippen molar-refractivity contribution in [3.8, 4) is 0 Å². The van der Waals surface area contributed by atoms with Crippen LogP contribution in [0.25, 0.3) is 0 Å². The molecule has 0 saturated carbocycles. The van der Waals surface area contributed by atoms with E-state index in [1.807, 2.05) is 37.3 Å². The Balaban J connectivity index is 1.75. The topological polar surface area (TPSA) is 96.4 Å². The molecule has 1 aromatic carbocycles. The number of aliphatic hydroxyl groups is 1. The van der Waals surface area contributed by atoms with Crippen molar-refractivity contribution in [1.29, 1.82) is 0 Å². The van der Waals surface area contributed by atoms with Crippen LogP contribution in [0.5, 0.6) is 0 Å². The van der Waals surface area contributed by atoms with Crippen LogP contribution >= 0.6 is 0 Å². The number of nitrogens with zero attached hydrogens (tertiary/aromatic N) is 2. The van der Waals surface area contributed by atoms with Gasteiger partial charge in [-0.25, -0.2) is 0 Å². The van der Waals surface area contributed by atoms with Crippen molar-refractivity contribution in [2.45, 2.75) is 63.3 Å². The minimum Gasteiger partial charge on any atom is -0.466 e. The maximum absolute atomic E-state index is 14.2. The Bertz CT molecular complexity index is 968. The summed E-state index contributed by atoms with van der Waals surface area (Å²) in [6.07, 6.45) is 3.68. The fraction of sp³-hybridized carbons (Fsp3) is 0.593. The number of hydrogen-bond acceptors (Lipinski definition) is 6. The van der Waals surface area contributed by atoms with E-state index in [1.165, 1.54) is 0 Å². The summed E-state index contributed by atoms with van der Waals surface area (Å²) in [6, 6.07) is 8.79. The van der Waals surface area contributed by atoms with Gasteiger partial charge in [-0.05, 0) is 38.2 Å². The molecular weight excluding hydrogens is 448 g/mol. The zero-order valence-corrected chi connectivity index (χ0v) is 20.7. The maximum atomic E-state index is 14.2. The Morgan fingerprint density at radius 2 is 2.03 bits per heavy atom. The average molecular weight is 485 g/mol. The number of aliphatic hydroxyl groups excluding tert-OH is 1. The number of fused-ring (bicyclic) bond motifs is 1. The van der Waals surface area contributed by atoms with Crippen molar-refractivity contribution in [2.75, 3.05) is 26.3 Å². The monoisotopic (exact) mass is 484 g/mol. The summed E-state index contributed by atoms with van der Waals surface area (Å²) in [5, 5.41) is 9.50. The van der Waals surface area contributed by atoms with Crippen molar-refractivity contribution in [3.05, 3.63) is 48.6 Å². The number of esters is 1. The van der Waals surface area contributed by atoms with Gasteiger partial charge in [-0.2, -0.15) is 0 Å². The molecule has 190 valence electrons. The summed E-state index contributed by atoms with van der Waals surface area (Å²) >= 11 is 0. The summed E-state index contributed by atoms with van der Waals surface area (Å²) in [7, 11) is 0. The van der Waals surface area contributed by atoms with Crippen molar-refractivity contribution in [3.63, 3.8) is 0 Å². The summed E-state index contributed by atoms with van der Waals surface area (Å²) in [6.45, 7) is 8.53. The van der Waals surface area contributed by atoms with Gasteiger partial charge >= 0.3 is 5.97 Å². The van der Waals surface area contributed by atoms with Crippen LogP contribution in [0.2, 0.25) is 0 Å². The molecule has 0 radical (unpaired) electrons. The molecule has 3 aliphatic heterocycles. The van der Waals surface area contributed by atoms with E-state index in [-0.39, 0.29) is 31.6 Å². The molecule has 4 rings (SSSR count). The lowest BCUT2D eigenvalue weighted by molar-refractivity contribution is -0.161. The van der Waals surface area contributed by atoms with Crippen LogP contribution < -0.4 is 0 Å². The van der Waals surface area contributed by atoms with E-state index in [4.69, 9.17) is 9.47 Å². The first kappa shape index (κ1) is 25.4. The lowest BCUT2D eigenvalue weighted by Crippen LogP contribution is -2.56. The van der Waals surface area contributed by atoms with E-state index in [2.05, 4.69) is 6.58 Å². The van der Waals surface area contributed by atoms with Crippen LogP contribution in [-0.2, 0) is 30.4 Å². The molecule has 1 N–H and O–H groups in total. The van der Waals surface area contributed by atoms with Crippen LogP contribution in [0.15, 0.2) is 43.0 Å². The summed E-state index contributed by atoms with van der Waals surface area (Å²) in [4.78, 5) is 44.4. The van der Waals surface area contributed by atoms with Gasteiger partial charge in [-0.1, -0.05) is 43.3 Å². The second kappa shape index (κ2) is 10.1. The van der Waals surface area contributed by atoms with E-state index >= 15 is 0 Å². The Kier molecular flexibility index (Phi) is 7.33. The average Bonchev–Trinajstić information content (AvgIpc) is 3.46. The third-order valence-electron chi connectivity index (χ3n) is 7.89. The van der Waals surface area contributed by atoms with Gasteiger partial charge in [0, 0.05) is 26.2 Å². The standard InChI is InChI=1S/C27H36N2O6/c1-4-15-28(18-19-11-8-7-9-12-19)24(32)22-27-14-13-26(5-2,35-27)21(25(33)34-6-3)20(27)23(31)29(22)16-10-17-30/h4,7-9,11-12,20-22,30H,1,5-6,10,13-18H2,2-3H3/t20-,21-,22?,26+,27?/m0/s1. The van der Waals surface area contributed by atoms with Crippen molar-refractivity contribution < 1.29 is 29.0 Å². The Labute approximate surface area is 206 Å². The molecule has 3 heterocycles. The third kappa shape index (κ3) is 4.06. The molecule has 1 aromatic rings. The molecule has 1 spiro atoms. The van der Waals surface area contributed by atoms with Gasteiger partial charge in [0.1, 0.15) is 17.6 Å². The molecule has 3 aliphatic rings. The summed E-state index contributed by atoms with van der Waals surface area (Å²) in [5.74, 6) is -2.44. The fourth-order valence-corrected chi connectivity index (χ4v) is 6.43. The number of carbonyl (C=O) groups is 3. The molecule has 2 amide bonds. The first-order chi connectivity index (χ1) is 16.9. The highest BCUT2D eigenvalue weighted by Gasteiger charge is 2.79. The molecule has 3 fully saturated rings. The largest absolute Gasteiger partial charge is 0.466 e. The van der Waals surface area contributed by atoms with Gasteiger partial charge in [-0.3, -0.25) is 14.4 Å². The van der Waals surface area contributed by atoms with Gasteiger partial charge in [0.15, 0.2) is 0 Å². The molecule has 0 aliphatic carbocycles. The van der Waals surface area contributed by atoms with Gasteiger partial charge in [0.25, 0.3) is 0 Å². The third-order valence-corrected chi connectivity index (χ3v) is 7.89. The number of benzene rings is 1. The number of likely N-dealkylation sites (tertiary alicyclic amines) is 1. The summed E-state index contributed by atoms with van der Waals surface area (Å²) < 4.78 is 12.1. The molecule has 2 unspecified atom stereocenters. The summed E-state index contributed by atoms with van der Waals surface area (Å²) in [5.41, 5.74) is -0.932. The SMILES string of the molecule is C=CCN(Cc1ccccc1)C(=O)C1N(CCCO)C(=O)[C@@H]2[C@@H](C(=O)OCC)[C@@]3(CC)CCC12O3. The predicted octanol–water partition coefficient (Wildman–Crippen LogP) is 2.30. The minimum absolute atomic E-state index is 0.107. The second-order valence-corrected chi connectivity index (χ2v) is 9.69. The fourth-order valence-electron chi connectivity index (χ4n) is 6.43. The van der Waals surface area contributed by atoms with E-state index in [9.17, 15) is 19.5 Å². The van der Waals surface area contributed by atoms with Gasteiger partial charge in [-0.15, -0.1) is 6.58 Å². The molecular formula is C27H36N2O6. The first-order valence-electron chi connectivity index (χ1n) is 12.6. The molecule has 8 heteroatoms. The smallest absolute Gasteiger partial charge is 0.312 e. The Morgan fingerprint density at radius 1 is 1.29 bits per heavy atom. The molecule has 3 saturated heterocycles. The highest BCUT2D eigenvalue weighted by Crippen LogP contribution is 2.64. The van der Waals surface area contributed by atoms with Crippen molar-refractivity contribution in [1.82, 2.24) is 9.80 Å². The van der Waals surface area contributed by atoms with Gasteiger partial charge < -0.3 is 24.4 Å². The highest BCUT2D eigenvalue weighted by atomic mass is 16.6. The molecule has 0 aromatic heterocycles. The van der Waals surface area contributed by atoms with Crippen LogP contribution in [-0.4, -0.2) is 76.2 Å².